The Morgan fingerprint density at radius 1 is 1.30 bits per heavy atom. The smallest absolute Gasteiger partial charge is 0.246 e. The van der Waals surface area contributed by atoms with E-state index in [0.717, 1.165) is 4.31 Å². The standard InChI is InChI=1S/C12H20N2O5S/c1-18-8-6-14(5-7-15)20(16,17)12-9-10(13)3-4-11(12)19-2/h3-4,9,15H,5-8,13H2,1-2H3. The van der Waals surface area contributed by atoms with Crippen LogP contribution in [0.5, 0.6) is 5.75 Å². The first kappa shape index (κ1) is 16.7. The fraction of sp³-hybridized carbons (Fsp3) is 0.500. The molecule has 1 rings (SSSR count). The molecular weight excluding hydrogens is 284 g/mol. The van der Waals surface area contributed by atoms with E-state index in [1.54, 1.807) is 6.07 Å². The average Bonchev–Trinajstić information content (AvgIpc) is 2.43. The van der Waals surface area contributed by atoms with Crippen molar-refractivity contribution in [3.8, 4) is 5.75 Å². The highest BCUT2D eigenvalue weighted by atomic mass is 32.2. The number of methoxy groups -OCH3 is 2. The van der Waals surface area contributed by atoms with Gasteiger partial charge in [-0.05, 0) is 18.2 Å². The van der Waals surface area contributed by atoms with Gasteiger partial charge in [0.15, 0.2) is 0 Å². The van der Waals surface area contributed by atoms with Crippen LogP contribution in [-0.4, -0.2) is 58.4 Å². The zero-order chi connectivity index (χ0) is 15.2. The van der Waals surface area contributed by atoms with E-state index in [4.69, 9.17) is 20.3 Å². The van der Waals surface area contributed by atoms with Crippen molar-refractivity contribution in [2.75, 3.05) is 46.3 Å². The molecule has 20 heavy (non-hydrogen) atoms. The number of sulfonamides is 1. The molecule has 0 spiro atoms. The molecule has 0 aliphatic heterocycles. The normalized spacial score (nSPS) is 11.8. The third kappa shape index (κ3) is 3.83. The van der Waals surface area contributed by atoms with Crippen molar-refractivity contribution in [2.24, 2.45) is 0 Å². The number of hydrogen-bond donors (Lipinski definition) is 2. The van der Waals surface area contributed by atoms with E-state index in [0.29, 0.717) is 5.69 Å². The van der Waals surface area contributed by atoms with Crippen LogP contribution in [0, 0.1) is 0 Å². The summed E-state index contributed by atoms with van der Waals surface area (Å²) in [5, 5.41) is 9.02. The number of benzene rings is 1. The van der Waals surface area contributed by atoms with Crippen LogP contribution >= 0.6 is 0 Å². The Kier molecular flexibility index (Phi) is 6.21. The first-order valence-electron chi connectivity index (χ1n) is 6.00. The molecule has 0 bridgehead atoms. The van der Waals surface area contributed by atoms with Gasteiger partial charge in [0, 0.05) is 25.9 Å². The Morgan fingerprint density at radius 2 is 2.00 bits per heavy atom. The van der Waals surface area contributed by atoms with Gasteiger partial charge >= 0.3 is 0 Å². The molecule has 0 fully saturated rings. The van der Waals surface area contributed by atoms with Crippen molar-refractivity contribution in [3.05, 3.63) is 18.2 Å². The van der Waals surface area contributed by atoms with E-state index in [2.05, 4.69) is 0 Å². The molecule has 1 aromatic carbocycles. The van der Waals surface area contributed by atoms with E-state index >= 15 is 0 Å². The van der Waals surface area contributed by atoms with Crippen LogP contribution in [0.3, 0.4) is 0 Å². The maximum absolute atomic E-state index is 12.6. The van der Waals surface area contributed by atoms with E-state index in [1.165, 1.54) is 26.4 Å². The molecule has 0 aromatic heterocycles. The monoisotopic (exact) mass is 304 g/mol. The quantitative estimate of drug-likeness (QED) is 0.651. The fourth-order valence-corrected chi connectivity index (χ4v) is 3.30. The van der Waals surface area contributed by atoms with E-state index in [-0.39, 0.29) is 36.9 Å². The van der Waals surface area contributed by atoms with Crippen LogP contribution < -0.4 is 10.5 Å². The Bertz CT molecular complexity index is 533. The summed E-state index contributed by atoms with van der Waals surface area (Å²) in [5.74, 6) is 0.208. The summed E-state index contributed by atoms with van der Waals surface area (Å²) in [6.45, 7) is 0.0540. The zero-order valence-electron chi connectivity index (χ0n) is 11.6. The summed E-state index contributed by atoms with van der Waals surface area (Å²) in [6.07, 6.45) is 0. The molecule has 3 N–H and O–H groups in total. The minimum absolute atomic E-state index is 0.0236. The summed E-state index contributed by atoms with van der Waals surface area (Å²) in [6, 6.07) is 4.39. The lowest BCUT2D eigenvalue weighted by molar-refractivity contribution is 0.168. The number of nitrogens with two attached hydrogens (primary N) is 1. The lowest BCUT2D eigenvalue weighted by Crippen LogP contribution is -2.36. The van der Waals surface area contributed by atoms with Gasteiger partial charge in [-0.25, -0.2) is 8.42 Å². The average molecular weight is 304 g/mol. The Labute approximate surface area is 119 Å². The SMILES string of the molecule is COCCN(CCO)S(=O)(=O)c1cc(N)ccc1OC. The summed E-state index contributed by atoms with van der Waals surface area (Å²) in [5.41, 5.74) is 5.96. The second-order valence-electron chi connectivity index (χ2n) is 4.03. The van der Waals surface area contributed by atoms with Crippen LogP contribution in [0.25, 0.3) is 0 Å². The van der Waals surface area contributed by atoms with E-state index in [1.807, 2.05) is 0 Å². The van der Waals surface area contributed by atoms with Crippen LogP contribution in [0.4, 0.5) is 5.69 Å². The molecule has 0 unspecified atom stereocenters. The number of aliphatic hydroxyl groups is 1. The molecule has 0 atom stereocenters. The van der Waals surface area contributed by atoms with Gasteiger partial charge in [0.1, 0.15) is 10.6 Å². The van der Waals surface area contributed by atoms with Crippen LogP contribution in [0.15, 0.2) is 23.1 Å². The number of ether oxygens (including phenoxy) is 2. The highest BCUT2D eigenvalue weighted by Gasteiger charge is 2.27. The number of rotatable bonds is 8. The lowest BCUT2D eigenvalue weighted by atomic mass is 10.3. The number of aliphatic hydroxyl groups excluding tert-OH is 1. The predicted octanol–water partition coefficient (Wildman–Crippen LogP) is -0.0932. The van der Waals surface area contributed by atoms with E-state index < -0.39 is 10.0 Å². The van der Waals surface area contributed by atoms with Gasteiger partial charge in [0.2, 0.25) is 10.0 Å². The summed E-state index contributed by atoms with van der Waals surface area (Å²) >= 11 is 0. The molecule has 0 aliphatic carbocycles. The van der Waals surface area contributed by atoms with Crippen LogP contribution in [0.1, 0.15) is 0 Å². The minimum atomic E-state index is -3.81. The van der Waals surface area contributed by atoms with Gasteiger partial charge in [-0.3, -0.25) is 0 Å². The molecular formula is C12H20N2O5S. The van der Waals surface area contributed by atoms with Crippen molar-refractivity contribution in [2.45, 2.75) is 4.90 Å². The Hall–Kier alpha value is -1.35. The van der Waals surface area contributed by atoms with Gasteiger partial charge in [0.25, 0.3) is 0 Å². The summed E-state index contributed by atoms with van der Waals surface area (Å²) in [4.78, 5) is -0.0236. The highest BCUT2D eigenvalue weighted by Crippen LogP contribution is 2.28. The van der Waals surface area contributed by atoms with Crippen molar-refractivity contribution < 1.29 is 23.0 Å². The van der Waals surface area contributed by atoms with Crippen molar-refractivity contribution >= 4 is 15.7 Å². The van der Waals surface area contributed by atoms with Crippen molar-refractivity contribution in [3.63, 3.8) is 0 Å². The Morgan fingerprint density at radius 3 is 2.55 bits per heavy atom. The third-order valence-electron chi connectivity index (χ3n) is 2.70. The van der Waals surface area contributed by atoms with Crippen LogP contribution in [-0.2, 0) is 14.8 Å². The van der Waals surface area contributed by atoms with Crippen molar-refractivity contribution in [1.29, 1.82) is 0 Å². The van der Waals surface area contributed by atoms with Gasteiger partial charge in [0.05, 0.1) is 20.3 Å². The fourth-order valence-electron chi connectivity index (χ4n) is 1.69. The van der Waals surface area contributed by atoms with Crippen LogP contribution in [0.2, 0.25) is 0 Å². The second-order valence-corrected chi connectivity index (χ2v) is 5.94. The lowest BCUT2D eigenvalue weighted by Gasteiger charge is -2.22. The van der Waals surface area contributed by atoms with Gasteiger partial charge in [-0.15, -0.1) is 0 Å². The summed E-state index contributed by atoms with van der Waals surface area (Å²) in [7, 11) is -0.950. The number of nitrogens with zero attached hydrogens (tertiary/aromatic N) is 1. The topological polar surface area (TPSA) is 102 Å². The molecule has 0 saturated carbocycles. The predicted molar refractivity (Wildman–Crippen MR) is 75.1 cm³/mol. The van der Waals surface area contributed by atoms with Crippen molar-refractivity contribution in [1.82, 2.24) is 4.31 Å². The number of nitrogen functional groups attached to an aromatic ring is 1. The molecule has 7 nitrogen and oxygen atoms in total. The maximum atomic E-state index is 12.6. The first-order chi connectivity index (χ1) is 9.47. The molecule has 8 heteroatoms. The highest BCUT2D eigenvalue weighted by molar-refractivity contribution is 7.89. The third-order valence-corrected chi connectivity index (χ3v) is 4.62. The maximum Gasteiger partial charge on any atom is 0.246 e. The van der Waals surface area contributed by atoms with Gasteiger partial charge < -0.3 is 20.3 Å². The zero-order valence-corrected chi connectivity index (χ0v) is 12.4. The summed E-state index contributed by atoms with van der Waals surface area (Å²) < 4.78 is 36.3. The molecule has 0 saturated heterocycles. The molecule has 0 heterocycles. The molecule has 1 aromatic rings. The molecule has 0 amide bonds. The number of hydrogen-bond acceptors (Lipinski definition) is 6. The largest absolute Gasteiger partial charge is 0.495 e. The second kappa shape index (κ2) is 7.44. The minimum Gasteiger partial charge on any atom is -0.495 e. The van der Waals surface area contributed by atoms with Gasteiger partial charge in [-0.1, -0.05) is 0 Å². The number of anilines is 1. The molecule has 0 radical (unpaired) electrons. The van der Waals surface area contributed by atoms with E-state index in [9.17, 15) is 8.42 Å². The first-order valence-corrected chi connectivity index (χ1v) is 7.44. The molecule has 0 aliphatic rings. The molecule has 114 valence electrons. The Balaban J connectivity index is 3.21. The van der Waals surface area contributed by atoms with Gasteiger partial charge in [-0.2, -0.15) is 4.31 Å².